The van der Waals surface area contributed by atoms with Crippen molar-refractivity contribution in [1.82, 2.24) is 0 Å². The number of hydrogen-bond acceptors (Lipinski definition) is 0. The largest absolute Gasteiger partial charge is 0.0725 e. The minimum atomic E-state index is -0.296. The van der Waals surface area contributed by atoms with Gasteiger partial charge in [0.1, 0.15) is 0 Å². The van der Waals surface area contributed by atoms with E-state index in [9.17, 15) is 0 Å². The molecule has 8 aliphatic rings. The molecule has 3 spiro atoms. The van der Waals surface area contributed by atoms with Crippen LogP contribution < -0.4 is 0 Å². The van der Waals surface area contributed by atoms with E-state index >= 15 is 0 Å². The van der Waals surface area contributed by atoms with Crippen LogP contribution in [0.25, 0.3) is 89.0 Å². The Balaban J connectivity index is 0.0000000973. The SMILES string of the molecule is CC(C)(C)c1ccc2c(c1)-c1ccccc1C21c2ccccc2-c2ccccc21.CC(C)(C)c1ccc2c(c1)C(c1ccccc1)(c1ccccc1)c1ccccc1-2.CC(C)(C)c1ccc2c(c1)C1(c3ccccc3-c3ccccc31)c1ccccc1-2.CC(C)(C)c1cccc2c1-c1ccccc1C2(c1ccccc1)c1ccccc1.CC(C)(C)c1cccc2c1-c1ccccc1C21c2ccccc2-c2ccccc21. The van der Waals surface area contributed by atoms with Crippen molar-refractivity contribution in [3.63, 3.8) is 0 Å². The van der Waals surface area contributed by atoms with Gasteiger partial charge in [-0.05, 0) is 255 Å². The Labute approximate surface area is 859 Å². The molecule has 0 atom stereocenters. The smallest absolute Gasteiger partial charge is 0.0622 e. The van der Waals surface area contributed by atoms with Crippen molar-refractivity contribution in [1.29, 1.82) is 0 Å². The van der Waals surface area contributed by atoms with E-state index in [-0.39, 0.29) is 54.1 Å². The molecule has 0 aliphatic heterocycles. The normalized spacial score (nSPS) is 14.7. The Bertz CT molecular complexity index is 7850. The van der Waals surface area contributed by atoms with Gasteiger partial charge >= 0.3 is 0 Å². The Hall–Kier alpha value is -15.6. The highest BCUT2D eigenvalue weighted by molar-refractivity contribution is 6.00. The molecule has 0 heteroatoms. The molecule has 0 saturated carbocycles. The molecule has 0 saturated heterocycles. The first-order chi connectivity index (χ1) is 70.2. The average molecular weight is 1870 g/mol. The topological polar surface area (TPSA) is 0 Å². The molecule has 0 amide bonds. The predicted octanol–water partition coefficient (Wildman–Crippen LogP) is 36.7. The second kappa shape index (κ2) is 34.3. The first kappa shape index (κ1) is 91.9. The number of fused-ring (bicyclic) bond motifs is 36. The van der Waals surface area contributed by atoms with Crippen LogP contribution in [-0.4, -0.2) is 0 Å². The Morgan fingerprint density at radius 1 is 0.117 bits per heavy atom. The molecule has 0 bridgehead atoms. The molecule has 0 radical (unpaired) electrons. The van der Waals surface area contributed by atoms with Crippen molar-refractivity contribution in [2.24, 2.45) is 0 Å². The Morgan fingerprint density at radius 3 is 0.579 bits per heavy atom. The van der Waals surface area contributed by atoms with Gasteiger partial charge in [0.2, 0.25) is 0 Å². The fourth-order valence-electron chi connectivity index (χ4n) is 26.9. The van der Waals surface area contributed by atoms with Crippen molar-refractivity contribution in [3.8, 4) is 89.0 Å². The summed E-state index contributed by atoms with van der Waals surface area (Å²) in [7, 11) is 0. The Kier molecular flexibility index (Phi) is 21.7. The minimum Gasteiger partial charge on any atom is -0.0622 e. The van der Waals surface area contributed by atoms with E-state index in [2.05, 4.69) is 583 Å². The molecule has 0 fully saturated rings. The van der Waals surface area contributed by atoms with Gasteiger partial charge in [-0.15, -0.1) is 0 Å². The summed E-state index contributed by atoms with van der Waals surface area (Å²) in [6.45, 7) is 34.6. The van der Waals surface area contributed by atoms with E-state index < -0.39 is 0 Å². The number of benzene rings is 20. The molecule has 28 rings (SSSR count). The lowest BCUT2D eigenvalue weighted by Crippen LogP contribution is -2.29. The van der Waals surface area contributed by atoms with Gasteiger partial charge in [-0.1, -0.05) is 583 Å². The summed E-state index contributed by atoms with van der Waals surface area (Å²) in [6, 6.07) is 178. The summed E-state index contributed by atoms with van der Waals surface area (Å²) < 4.78 is 0. The van der Waals surface area contributed by atoms with E-state index in [1.54, 1.807) is 0 Å². The minimum absolute atomic E-state index is 0.0713. The highest BCUT2D eigenvalue weighted by atomic mass is 14.6. The first-order valence-corrected chi connectivity index (χ1v) is 52.2. The maximum atomic E-state index is 2.48. The highest BCUT2D eigenvalue weighted by Gasteiger charge is 2.57. The maximum Gasteiger partial charge on any atom is 0.0725 e. The van der Waals surface area contributed by atoms with Gasteiger partial charge in [-0.25, -0.2) is 0 Å². The van der Waals surface area contributed by atoms with Crippen LogP contribution >= 0.6 is 0 Å². The summed E-state index contributed by atoms with van der Waals surface area (Å²) in [4.78, 5) is 0. The van der Waals surface area contributed by atoms with E-state index in [4.69, 9.17) is 0 Å². The van der Waals surface area contributed by atoms with Gasteiger partial charge in [-0.3, -0.25) is 0 Å². The summed E-state index contributed by atoms with van der Waals surface area (Å²) in [5.74, 6) is 0. The zero-order valence-corrected chi connectivity index (χ0v) is 86.1. The molecule has 0 aromatic heterocycles. The van der Waals surface area contributed by atoms with E-state index in [0.29, 0.717) is 0 Å². The van der Waals surface area contributed by atoms with Crippen molar-refractivity contribution >= 4 is 0 Å². The second-order valence-electron chi connectivity index (χ2n) is 46.2. The predicted molar refractivity (Wildman–Crippen MR) is 609 cm³/mol. The summed E-state index contributed by atoms with van der Waals surface area (Å²) in [6.07, 6.45) is 0. The van der Waals surface area contributed by atoms with Crippen molar-refractivity contribution in [2.75, 3.05) is 0 Å². The lowest BCUT2D eigenvalue weighted by atomic mass is 9.67. The van der Waals surface area contributed by atoms with Crippen LogP contribution in [0.5, 0.6) is 0 Å². The van der Waals surface area contributed by atoms with Crippen molar-refractivity contribution in [3.05, 3.63) is 618 Å². The average Bonchev–Trinajstić information content (AvgIpc) is 1.50. The van der Waals surface area contributed by atoms with Crippen LogP contribution in [0.2, 0.25) is 0 Å². The van der Waals surface area contributed by atoms with Crippen molar-refractivity contribution < 1.29 is 0 Å². The molecule has 0 unspecified atom stereocenters. The van der Waals surface area contributed by atoms with Crippen LogP contribution in [0, 0.1) is 0 Å². The van der Waals surface area contributed by atoms with Gasteiger partial charge < -0.3 is 0 Å². The van der Waals surface area contributed by atoms with Crippen LogP contribution in [-0.2, 0) is 54.1 Å². The third-order valence-corrected chi connectivity index (χ3v) is 33.2. The fraction of sp³-hybridized carbons (Fsp3) is 0.172. The molecule has 20 aromatic rings. The van der Waals surface area contributed by atoms with Crippen LogP contribution in [0.4, 0.5) is 0 Å². The summed E-state index contributed by atoms with van der Waals surface area (Å²) in [5.41, 5.74) is 56.1. The molecule has 0 heterocycles. The van der Waals surface area contributed by atoms with Crippen LogP contribution in [0.3, 0.4) is 0 Å². The van der Waals surface area contributed by atoms with Gasteiger partial charge in [0.15, 0.2) is 0 Å². The zero-order chi connectivity index (χ0) is 99.5. The number of rotatable bonds is 4. The van der Waals surface area contributed by atoms with E-state index in [0.717, 1.165) is 0 Å². The van der Waals surface area contributed by atoms with Gasteiger partial charge in [-0.2, -0.15) is 0 Å². The molecule has 20 aromatic carbocycles. The number of hydrogen-bond donors (Lipinski definition) is 0. The third kappa shape index (κ3) is 13.7. The van der Waals surface area contributed by atoms with Gasteiger partial charge in [0.05, 0.1) is 27.1 Å². The summed E-state index contributed by atoms with van der Waals surface area (Å²) in [5, 5.41) is 0. The van der Waals surface area contributed by atoms with E-state index in [1.807, 2.05) is 0 Å². The molecule has 0 N–H and O–H groups in total. The van der Waals surface area contributed by atoms with Crippen LogP contribution in [0.1, 0.15) is 243 Å². The lowest BCUT2D eigenvalue weighted by molar-refractivity contribution is 0.588. The maximum absolute atomic E-state index is 2.48. The highest BCUT2D eigenvalue weighted by Crippen LogP contribution is 2.69. The second-order valence-corrected chi connectivity index (χ2v) is 46.2. The Morgan fingerprint density at radius 2 is 0.297 bits per heavy atom. The first-order valence-electron chi connectivity index (χ1n) is 52.2. The third-order valence-electron chi connectivity index (χ3n) is 33.2. The molecule has 145 heavy (non-hydrogen) atoms. The molecule has 8 aliphatic carbocycles. The molecular formula is C145H124. The fourth-order valence-corrected chi connectivity index (χ4v) is 26.9. The van der Waals surface area contributed by atoms with Gasteiger partial charge in [0.25, 0.3) is 0 Å². The van der Waals surface area contributed by atoms with Gasteiger partial charge in [0, 0.05) is 0 Å². The standard InChI is InChI=1S/3C29H24.2C29H26/c1-28(2,3)25-17-10-18-26-27(25)21-13-6-9-16-24(21)29(26)22-14-7-4-11-19(22)20-12-5-8-15-23(20)29;1-28(2,3)19-16-17-27-23(18-19)22-12-6-9-15-26(22)29(27)24-13-7-4-10-20(24)21-11-5-8-14-25(21)29;1-28(2,3)19-16-17-23-22-12-6-9-15-26(22)29(27(23)18-19)24-13-7-4-10-20(24)21-11-5-8-14-25(21)29;1-28(2,3)25-19-12-20-26-27(25)23-17-10-11-18-24(23)29(26,21-13-6-4-7-14-21)22-15-8-5-9-16-22;1-28(2,3)23-18-19-25-24-16-10-11-17-26(24)29(27(25)20-23,21-12-6-4-7-13-21)22-14-8-5-9-15-22/h3*4-18H,1-3H3;2*4-20H,1-3H3. The molecular weight excluding hydrogens is 1740 g/mol. The molecule has 0 nitrogen and oxygen atoms in total. The van der Waals surface area contributed by atoms with Crippen LogP contribution in [0.15, 0.2) is 479 Å². The zero-order valence-electron chi connectivity index (χ0n) is 86.1. The molecule has 704 valence electrons. The van der Waals surface area contributed by atoms with Crippen molar-refractivity contribution in [2.45, 2.75) is 158 Å². The summed E-state index contributed by atoms with van der Waals surface area (Å²) >= 11 is 0. The quantitative estimate of drug-likeness (QED) is 0.165. The monoisotopic (exact) mass is 1860 g/mol. The lowest BCUT2D eigenvalue weighted by Gasteiger charge is -2.34. The van der Waals surface area contributed by atoms with E-state index in [1.165, 1.54) is 228 Å².